The van der Waals surface area contributed by atoms with Crippen LogP contribution in [0.15, 0.2) is 67.1 Å². The number of aromatic nitrogens is 4. The van der Waals surface area contributed by atoms with E-state index in [4.69, 9.17) is 4.74 Å². The van der Waals surface area contributed by atoms with Crippen molar-refractivity contribution < 1.29 is 13.9 Å². The number of nitrogens with zero attached hydrogens (tertiary/aromatic N) is 4. The van der Waals surface area contributed by atoms with Crippen LogP contribution in [0.2, 0.25) is 0 Å². The van der Waals surface area contributed by atoms with Crippen LogP contribution in [0.1, 0.15) is 18.4 Å². The molecule has 0 aliphatic heterocycles. The minimum atomic E-state index is -0.576. The number of urea groups is 1. The highest BCUT2D eigenvalue weighted by atomic mass is 32.1. The fourth-order valence-corrected chi connectivity index (χ4v) is 4.90. The molecule has 4 heterocycles. The molecule has 0 radical (unpaired) electrons. The standard InChI is InChI=1S/C27H24FN7O2S/c1-35-11-9-25(34-35)31-15-16-2-6-20(30-14-16)24-13-21-26(38-24)23(8-10-29-21)37-22-7-5-18(12-19(22)28)33-27(36)32-17-3-4-17/h2,5-14,17H,3-4,15H2,1H3,(H,31,34)(H2,32,33,36). The molecule has 9 nitrogen and oxygen atoms in total. The Bertz CT molecular complexity index is 1610. The van der Waals surface area contributed by atoms with Gasteiger partial charge in [0, 0.05) is 62.1 Å². The molecule has 0 saturated heterocycles. The normalized spacial score (nSPS) is 12.9. The Labute approximate surface area is 221 Å². The molecule has 192 valence electrons. The van der Waals surface area contributed by atoms with E-state index in [0.717, 1.165) is 45.0 Å². The van der Waals surface area contributed by atoms with E-state index in [0.29, 0.717) is 18.0 Å². The van der Waals surface area contributed by atoms with E-state index in [1.807, 2.05) is 43.7 Å². The summed E-state index contributed by atoms with van der Waals surface area (Å²) in [6.07, 6.45) is 7.30. The number of benzene rings is 1. The molecule has 1 aliphatic rings. The lowest BCUT2D eigenvalue weighted by Crippen LogP contribution is -2.30. The van der Waals surface area contributed by atoms with E-state index < -0.39 is 5.82 Å². The summed E-state index contributed by atoms with van der Waals surface area (Å²) in [5.41, 5.74) is 2.93. The second-order valence-electron chi connectivity index (χ2n) is 9.03. The van der Waals surface area contributed by atoms with Gasteiger partial charge >= 0.3 is 6.03 Å². The summed E-state index contributed by atoms with van der Waals surface area (Å²) in [6, 6.07) is 13.8. The molecule has 1 aromatic carbocycles. The summed E-state index contributed by atoms with van der Waals surface area (Å²) in [5.74, 6) is 0.783. The molecule has 4 aromatic heterocycles. The summed E-state index contributed by atoms with van der Waals surface area (Å²) in [4.78, 5) is 21.9. The summed E-state index contributed by atoms with van der Waals surface area (Å²) in [7, 11) is 1.88. The topological polar surface area (TPSA) is 106 Å². The van der Waals surface area contributed by atoms with Crippen LogP contribution in [0, 0.1) is 5.82 Å². The van der Waals surface area contributed by atoms with Crippen molar-refractivity contribution in [3.63, 3.8) is 0 Å². The van der Waals surface area contributed by atoms with Gasteiger partial charge in [-0.05, 0) is 42.7 Å². The Kier molecular flexibility index (Phi) is 6.34. The third kappa shape index (κ3) is 5.42. The highest BCUT2D eigenvalue weighted by molar-refractivity contribution is 7.22. The predicted octanol–water partition coefficient (Wildman–Crippen LogP) is 5.92. The third-order valence-electron chi connectivity index (χ3n) is 5.96. The van der Waals surface area contributed by atoms with Crippen LogP contribution in [0.4, 0.5) is 20.7 Å². The molecule has 0 spiro atoms. The summed E-state index contributed by atoms with van der Waals surface area (Å²) in [5, 5.41) is 13.0. The molecule has 1 fully saturated rings. The van der Waals surface area contributed by atoms with Gasteiger partial charge in [0.15, 0.2) is 11.6 Å². The number of nitrogens with one attached hydrogen (secondary N) is 3. The van der Waals surface area contributed by atoms with Crippen molar-refractivity contribution in [1.29, 1.82) is 0 Å². The second-order valence-corrected chi connectivity index (χ2v) is 10.1. The molecular weight excluding hydrogens is 505 g/mol. The maximum absolute atomic E-state index is 14.8. The van der Waals surface area contributed by atoms with E-state index in [1.54, 1.807) is 23.0 Å². The van der Waals surface area contributed by atoms with Crippen LogP contribution in [0.25, 0.3) is 20.8 Å². The zero-order chi connectivity index (χ0) is 26.1. The number of aryl methyl sites for hydroxylation is 1. The average molecular weight is 530 g/mol. The lowest BCUT2D eigenvalue weighted by atomic mass is 10.2. The van der Waals surface area contributed by atoms with Gasteiger partial charge in [-0.15, -0.1) is 11.3 Å². The Morgan fingerprint density at radius 2 is 2.03 bits per heavy atom. The molecular formula is C27H24FN7O2S. The van der Waals surface area contributed by atoms with Gasteiger partial charge in [-0.3, -0.25) is 14.6 Å². The Morgan fingerprint density at radius 1 is 1.13 bits per heavy atom. The van der Waals surface area contributed by atoms with Gasteiger partial charge in [0.2, 0.25) is 0 Å². The van der Waals surface area contributed by atoms with Gasteiger partial charge < -0.3 is 20.7 Å². The summed E-state index contributed by atoms with van der Waals surface area (Å²) in [6.45, 7) is 0.612. The lowest BCUT2D eigenvalue weighted by molar-refractivity contribution is 0.251. The third-order valence-corrected chi connectivity index (χ3v) is 7.12. The van der Waals surface area contributed by atoms with Crippen LogP contribution >= 0.6 is 11.3 Å². The van der Waals surface area contributed by atoms with Crippen molar-refractivity contribution in [3.05, 3.63) is 78.5 Å². The first kappa shape index (κ1) is 23.9. The van der Waals surface area contributed by atoms with E-state index in [2.05, 4.69) is 31.0 Å². The van der Waals surface area contributed by atoms with Crippen molar-refractivity contribution in [2.24, 2.45) is 7.05 Å². The van der Waals surface area contributed by atoms with Crippen molar-refractivity contribution >= 4 is 39.1 Å². The Hall–Kier alpha value is -4.51. The van der Waals surface area contributed by atoms with Gasteiger partial charge in [-0.2, -0.15) is 5.10 Å². The van der Waals surface area contributed by atoms with E-state index in [1.165, 1.54) is 23.5 Å². The van der Waals surface area contributed by atoms with Crippen LogP contribution < -0.4 is 20.7 Å². The van der Waals surface area contributed by atoms with Gasteiger partial charge in [0.1, 0.15) is 11.6 Å². The number of hydrogen-bond donors (Lipinski definition) is 3. The van der Waals surface area contributed by atoms with Crippen LogP contribution in [0.3, 0.4) is 0 Å². The first-order chi connectivity index (χ1) is 18.5. The van der Waals surface area contributed by atoms with Crippen LogP contribution in [-0.4, -0.2) is 31.8 Å². The molecule has 5 aromatic rings. The van der Waals surface area contributed by atoms with E-state index in [-0.39, 0.29) is 17.8 Å². The zero-order valence-electron chi connectivity index (χ0n) is 20.4. The van der Waals surface area contributed by atoms with Crippen LogP contribution in [0.5, 0.6) is 11.5 Å². The molecule has 0 bridgehead atoms. The molecule has 6 rings (SSSR count). The van der Waals surface area contributed by atoms with Crippen LogP contribution in [-0.2, 0) is 13.6 Å². The van der Waals surface area contributed by atoms with Crippen molar-refractivity contribution in [2.45, 2.75) is 25.4 Å². The fourth-order valence-electron chi connectivity index (χ4n) is 3.86. The van der Waals surface area contributed by atoms with Gasteiger partial charge in [-0.1, -0.05) is 6.07 Å². The SMILES string of the molecule is Cn1ccc(NCc2ccc(-c3cc4nccc(Oc5ccc(NC(=O)NC6CC6)cc5F)c4s3)nc2)n1. The zero-order valence-corrected chi connectivity index (χ0v) is 21.3. The van der Waals surface area contributed by atoms with Crippen molar-refractivity contribution in [1.82, 2.24) is 25.1 Å². The number of amides is 2. The predicted molar refractivity (Wildman–Crippen MR) is 145 cm³/mol. The average Bonchev–Trinajstić information content (AvgIpc) is 3.44. The quantitative estimate of drug-likeness (QED) is 0.230. The Morgan fingerprint density at radius 3 is 2.76 bits per heavy atom. The number of hydrogen-bond acceptors (Lipinski definition) is 7. The maximum atomic E-state index is 14.8. The number of halogens is 1. The highest BCUT2D eigenvalue weighted by Crippen LogP contribution is 2.39. The van der Waals surface area contributed by atoms with Gasteiger partial charge in [0.05, 0.1) is 20.8 Å². The number of pyridine rings is 2. The Balaban J connectivity index is 1.16. The summed E-state index contributed by atoms with van der Waals surface area (Å²) >= 11 is 1.48. The number of ether oxygens (including phenoxy) is 1. The first-order valence-corrected chi connectivity index (χ1v) is 12.9. The van der Waals surface area contributed by atoms with E-state index in [9.17, 15) is 9.18 Å². The maximum Gasteiger partial charge on any atom is 0.319 e. The molecule has 1 aliphatic carbocycles. The van der Waals surface area contributed by atoms with Gasteiger partial charge in [0.25, 0.3) is 0 Å². The molecule has 0 atom stereocenters. The molecule has 3 N–H and O–H groups in total. The van der Waals surface area contributed by atoms with Crippen molar-refractivity contribution in [3.8, 4) is 22.1 Å². The number of thiophene rings is 1. The lowest BCUT2D eigenvalue weighted by Gasteiger charge is -2.10. The highest BCUT2D eigenvalue weighted by Gasteiger charge is 2.23. The molecule has 0 unspecified atom stereocenters. The largest absolute Gasteiger partial charge is 0.453 e. The van der Waals surface area contributed by atoms with Crippen molar-refractivity contribution in [2.75, 3.05) is 10.6 Å². The van der Waals surface area contributed by atoms with E-state index >= 15 is 0 Å². The molecule has 11 heteroatoms. The number of rotatable bonds is 8. The second kappa shape index (κ2) is 10.1. The molecule has 1 saturated carbocycles. The summed E-state index contributed by atoms with van der Waals surface area (Å²) < 4.78 is 23.3. The number of carbonyl (C=O) groups excluding carboxylic acids is 1. The minimum absolute atomic E-state index is 0.0588. The fraction of sp³-hybridized carbons (Fsp3) is 0.185. The smallest absolute Gasteiger partial charge is 0.319 e. The first-order valence-electron chi connectivity index (χ1n) is 12.1. The number of anilines is 2. The molecule has 2 amide bonds. The number of carbonyl (C=O) groups is 1. The number of fused-ring (bicyclic) bond motifs is 1. The molecule has 38 heavy (non-hydrogen) atoms. The monoisotopic (exact) mass is 529 g/mol. The van der Waals surface area contributed by atoms with Gasteiger partial charge in [-0.25, -0.2) is 9.18 Å². The minimum Gasteiger partial charge on any atom is -0.453 e.